The molecule has 3 heterocycles. The molecule has 1 aliphatic heterocycles. The highest BCUT2D eigenvalue weighted by atomic mass is 15.2. The van der Waals surface area contributed by atoms with Gasteiger partial charge in [0.25, 0.3) is 0 Å². The molecule has 0 aromatic carbocycles. The zero-order valence-electron chi connectivity index (χ0n) is 15.0. The van der Waals surface area contributed by atoms with Gasteiger partial charge in [-0.3, -0.25) is 0 Å². The third-order valence-corrected chi connectivity index (χ3v) is 3.49. The van der Waals surface area contributed by atoms with E-state index in [1.54, 1.807) is 6.08 Å². The average molecular weight is 353 g/mol. The molecule has 2 aromatic heterocycles. The molecule has 1 fully saturated rings. The van der Waals surface area contributed by atoms with Crippen LogP contribution in [-0.4, -0.2) is 53.9 Å². The molecule has 3 rings (SSSR count). The van der Waals surface area contributed by atoms with E-state index in [0.29, 0.717) is 23.2 Å². The van der Waals surface area contributed by atoms with Gasteiger partial charge in [0.2, 0.25) is 0 Å². The smallest absolute Gasteiger partial charge is 0.158 e. The Morgan fingerprint density at radius 2 is 2.04 bits per heavy atom. The summed E-state index contributed by atoms with van der Waals surface area (Å²) in [5.74, 6) is 1.67. The van der Waals surface area contributed by atoms with E-state index in [1.165, 1.54) is 12.4 Å². The normalized spacial score (nSPS) is 12.8. The van der Waals surface area contributed by atoms with Crippen LogP contribution in [0.2, 0.25) is 0 Å². The summed E-state index contributed by atoms with van der Waals surface area (Å²) in [6.07, 6.45) is 4.55. The highest BCUT2D eigenvalue weighted by Crippen LogP contribution is 2.20. The molecule has 2 aromatic rings. The van der Waals surface area contributed by atoms with Crippen molar-refractivity contribution < 1.29 is 0 Å². The van der Waals surface area contributed by atoms with Crippen molar-refractivity contribution in [3.63, 3.8) is 0 Å². The molecule has 26 heavy (non-hydrogen) atoms. The highest BCUT2D eigenvalue weighted by Gasteiger charge is 2.16. The minimum absolute atomic E-state index is 0.264. The van der Waals surface area contributed by atoms with Crippen molar-refractivity contribution in [3.05, 3.63) is 36.4 Å². The Balaban J connectivity index is 0.000000758. The molecule has 0 atom stereocenters. The summed E-state index contributed by atoms with van der Waals surface area (Å²) in [6.45, 7) is 6.69. The lowest BCUT2D eigenvalue weighted by atomic mass is 10.0. The summed E-state index contributed by atoms with van der Waals surface area (Å²) >= 11 is 0. The van der Waals surface area contributed by atoms with Crippen LogP contribution in [0.15, 0.2) is 25.0 Å². The fraction of sp³-hybridized carbons (Fsp3) is 0.353. The summed E-state index contributed by atoms with van der Waals surface area (Å²) in [5, 5.41) is 29.3. The van der Waals surface area contributed by atoms with E-state index in [-0.39, 0.29) is 5.69 Å². The van der Waals surface area contributed by atoms with E-state index >= 15 is 0 Å². The van der Waals surface area contributed by atoms with E-state index in [2.05, 4.69) is 48.0 Å². The van der Waals surface area contributed by atoms with Crippen LogP contribution in [-0.2, 0) is 0 Å². The third-order valence-electron chi connectivity index (χ3n) is 3.49. The summed E-state index contributed by atoms with van der Waals surface area (Å²) in [6, 6.07) is 3.78. The van der Waals surface area contributed by atoms with Crippen molar-refractivity contribution in [1.29, 1.82) is 5.26 Å². The van der Waals surface area contributed by atoms with Crippen molar-refractivity contribution in [2.45, 2.75) is 0 Å². The van der Waals surface area contributed by atoms with Gasteiger partial charge in [-0.2, -0.15) is 5.26 Å². The standard InChI is InChI=1S/C15H16N8.C2H7N/c1-2-12-13(19-7-10-5-17-6-10)3-14(23-22-12)21-15-9-18-11(4-16)8-20-15;1-3-2/h2-3,8-10,17H,1,5-7H2,(H2,19,20,21,23);3H,1-2H3. The number of aromatic nitrogens is 4. The molecule has 4 N–H and O–H groups in total. The van der Waals surface area contributed by atoms with Crippen LogP contribution < -0.4 is 21.3 Å². The van der Waals surface area contributed by atoms with Crippen molar-refractivity contribution in [2.24, 2.45) is 5.92 Å². The van der Waals surface area contributed by atoms with Gasteiger partial charge in [0.05, 0.1) is 18.1 Å². The Hall–Kier alpha value is -3.09. The molecule has 0 amide bonds. The zero-order chi connectivity index (χ0) is 18.8. The summed E-state index contributed by atoms with van der Waals surface area (Å²) in [5.41, 5.74) is 1.83. The maximum Gasteiger partial charge on any atom is 0.158 e. The van der Waals surface area contributed by atoms with Crippen LogP contribution in [0.25, 0.3) is 6.08 Å². The number of hydrogen-bond acceptors (Lipinski definition) is 9. The molecule has 0 aliphatic carbocycles. The van der Waals surface area contributed by atoms with Crippen LogP contribution in [0.5, 0.6) is 0 Å². The lowest BCUT2D eigenvalue weighted by Crippen LogP contribution is -2.45. The molecular weight excluding hydrogens is 330 g/mol. The molecule has 1 saturated heterocycles. The van der Waals surface area contributed by atoms with E-state index in [1.807, 2.05) is 26.2 Å². The third kappa shape index (κ3) is 5.47. The van der Waals surface area contributed by atoms with Gasteiger partial charge in [0.1, 0.15) is 17.6 Å². The molecular formula is C17H23N9. The van der Waals surface area contributed by atoms with Crippen LogP contribution >= 0.6 is 0 Å². The van der Waals surface area contributed by atoms with Gasteiger partial charge in [-0.1, -0.05) is 6.58 Å². The first-order valence-electron chi connectivity index (χ1n) is 8.22. The number of hydrogen-bond donors (Lipinski definition) is 4. The van der Waals surface area contributed by atoms with Crippen LogP contribution in [0, 0.1) is 17.2 Å². The number of nitriles is 1. The zero-order valence-corrected chi connectivity index (χ0v) is 15.0. The van der Waals surface area contributed by atoms with Gasteiger partial charge in [-0.25, -0.2) is 9.97 Å². The summed E-state index contributed by atoms with van der Waals surface area (Å²) < 4.78 is 0. The quantitative estimate of drug-likeness (QED) is 0.602. The van der Waals surface area contributed by atoms with Gasteiger partial charge < -0.3 is 21.3 Å². The maximum atomic E-state index is 8.72. The van der Waals surface area contributed by atoms with Gasteiger partial charge >= 0.3 is 0 Å². The lowest BCUT2D eigenvalue weighted by molar-refractivity contribution is 0.365. The van der Waals surface area contributed by atoms with Crippen LogP contribution in [0.4, 0.5) is 17.3 Å². The second-order valence-electron chi connectivity index (χ2n) is 5.66. The second kappa shape index (κ2) is 10.0. The van der Waals surface area contributed by atoms with Crippen molar-refractivity contribution in [1.82, 2.24) is 30.8 Å². The molecule has 0 unspecified atom stereocenters. The average Bonchev–Trinajstić information content (AvgIpc) is 2.62. The summed E-state index contributed by atoms with van der Waals surface area (Å²) in [7, 11) is 3.75. The first kappa shape index (κ1) is 19.2. The summed E-state index contributed by atoms with van der Waals surface area (Å²) in [4.78, 5) is 8.06. The Labute approximate surface area is 153 Å². The highest BCUT2D eigenvalue weighted by molar-refractivity contribution is 5.66. The van der Waals surface area contributed by atoms with Crippen molar-refractivity contribution in [2.75, 3.05) is 44.4 Å². The van der Waals surface area contributed by atoms with E-state index in [0.717, 1.165) is 25.3 Å². The second-order valence-corrected chi connectivity index (χ2v) is 5.66. The fourth-order valence-corrected chi connectivity index (χ4v) is 2.08. The Morgan fingerprint density at radius 1 is 1.27 bits per heavy atom. The Morgan fingerprint density at radius 3 is 2.58 bits per heavy atom. The van der Waals surface area contributed by atoms with Crippen LogP contribution in [0.1, 0.15) is 11.4 Å². The number of nitrogens with one attached hydrogen (secondary N) is 4. The Kier molecular flexibility index (Phi) is 7.42. The SMILES string of the molecule is C=Cc1nnc(Nc2cnc(C#N)cn2)cc1NCC1CNC1.CNC. The molecule has 0 radical (unpaired) electrons. The first-order valence-corrected chi connectivity index (χ1v) is 8.22. The minimum atomic E-state index is 0.264. The predicted molar refractivity (Wildman–Crippen MR) is 102 cm³/mol. The fourth-order valence-electron chi connectivity index (χ4n) is 2.08. The van der Waals surface area contributed by atoms with Gasteiger partial charge in [0, 0.05) is 31.6 Å². The molecule has 9 heteroatoms. The number of anilines is 3. The lowest BCUT2D eigenvalue weighted by Gasteiger charge is -2.27. The molecule has 0 spiro atoms. The molecule has 136 valence electrons. The van der Waals surface area contributed by atoms with Gasteiger partial charge in [-0.15, -0.1) is 10.2 Å². The largest absolute Gasteiger partial charge is 0.383 e. The van der Waals surface area contributed by atoms with Crippen molar-refractivity contribution >= 4 is 23.4 Å². The number of rotatable bonds is 6. The molecule has 0 saturated carbocycles. The Bertz CT molecular complexity index is 748. The number of nitrogens with zero attached hydrogens (tertiary/aromatic N) is 5. The van der Waals surface area contributed by atoms with Gasteiger partial charge in [-0.05, 0) is 20.2 Å². The molecule has 1 aliphatic rings. The van der Waals surface area contributed by atoms with E-state index < -0.39 is 0 Å². The van der Waals surface area contributed by atoms with E-state index in [9.17, 15) is 0 Å². The predicted octanol–water partition coefficient (Wildman–Crippen LogP) is 0.992. The maximum absolute atomic E-state index is 8.72. The molecule has 9 nitrogen and oxygen atoms in total. The van der Waals surface area contributed by atoms with Gasteiger partial charge in [0.15, 0.2) is 11.5 Å². The molecule has 0 bridgehead atoms. The topological polar surface area (TPSA) is 123 Å². The van der Waals surface area contributed by atoms with E-state index in [4.69, 9.17) is 5.26 Å². The van der Waals surface area contributed by atoms with Crippen molar-refractivity contribution in [3.8, 4) is 6.07 Å². The first-order chi connectivity index (χ1) is 12.7. The van der Waals surface area contributed by atoms with Crippen LogP contribution in [0.3, 0.4) is 0 Å². The minimum Gasteiger partial charge on any atom is -0.383 e. The monoisotopic (exact) mass is 353 g/mol.